The second kappa shape index (κ2) is 6.15. The number of halogens is 3. The number of thiazole rings is 1. The smallest absolute Gasteiger partial charge is 0.184 e. The lowest BCUT2D eigenvalue weighted by molar-refractivity contribution is 0.0971. The summed E-state index contributed by atoms with van der Waals surface area (Å²) in [4.78, 5) is 12.2. The topological polar surface area (TPSA) is 45.9 Å². The molecular weight excluding hydrogens is 367 g/mol. The van der Waals surface area contributed by atoms with E-state index in [1.54, 1.807) is 22.2 Å². The van der Waals surface area contributed by atoms with Crippen LogP contribution in [0.3, 0.4) is 0 Å². The van der Waals surface area contributed by atoms with Crippen LogP contribution in [0.1, 0.15) is 10.4 Å². The van der Waals surface area contributed by atoms with Gasteiger partial charge in [-0.15, -0.1) is 39.7 Å². The fraction of sp³-hybridized carbons (Fsp3) is 0.111. The van der Waals surface area contributed by atoms with E-state index >= 15 is 0 Å². The highest BCUT2D eigenvalue weighted by atomic mass is 79.9. The Kier molecular flexibility index (Phi) is 5.40. The molecule has 92 valence electrons. The van der Waals surface area contributed by atoms with Gasteiger partial charge in [-0.1, -0.05) is 23.2 Å². The van der Waals surface area contributed by atoms with Gasteiger partial charge in [0.1, 0.15) is 4.34 Å². The van der Waals surface area contributed by atoms with E-state index in [1.165, 1.54) is 22.7 Å². The summed E-state index contributed by atoms with van der Waals surface area (Å²) in [6.07, 6.45) is 1.70. The van der Waals surface area contributed by atoms with E-state index in [9.17, 15) is 4.79 Å². The molecular formula is C9H7BrCl2N2OS2. The minimum Gasteiger partial charge on any atom is -0.316 e. The first-order valence-corrected chi connectivity index (χ1v) is 6.69. The molecule has 2 aromatic rings. The van der Waals surface area contributed by atoms with E-state index < -0.39 is 0 Å². The molecule has 0 aliphatic carbocycles. The molecule has 0 aliphatic rings. The molecule has 0 radical (unpaired) electrons. The van der Waals surface area contributed by atoms with Gasteiger partial charge in [-0.2, -0.15) is 0 Å². The molecule has 2 aromatic heterocycles. The Morgan fingerprint density at radius 1 is 1.47 bits per heavy atom. The average Bonchev–Trinajstić information content (AvgIpc) is 2.74. The first-order chi connectivity index (χ1) is 7.58. The maximum atomic E-state index is 11.9. The third kappa shape index (κ3) is 3.42. The zero-order valence-electron chi connectivity index (χ0n) is 8.28. The molecule has 2 rings (SSSR count). The van der Waals surface area contributed by atoms with Crippen LogP contribution in [0.4, 0.5) is 0 Å². The summed E-state index contributed by atoms with van der Waals surface area (Å²) in [5.74, 6) is -0.134. The molecule has 0 fully saturated rings. The average molecular weight is 374 g/mol. The molecule has 8 heteroatoms. The van der Waals surface area contributed by atoms with E-state index in [-0.39, 0.29) is 29.3 Å². The van der Waals surface area contributed by atoms with Gasteiger partial charge in [0, 0.05) is 11.6 Å². The molecule has 0 aromatic carbocycles. The maximum absolute atomic E-state index is 11.9. The van der Waals surface area contributed by atoms with E-state index in [0.717, 1.165) is 0 Å². The van der Waals surface area contributed by atoms with Crippen molar-refractivity contribution < 1.29 is 4.79 Å². The van der Waals surface area contributed by atoms with Gasteiger partial charge in [0.25, 0.3) is 0 Å². The molecule has 0 aliphatic heterocycles. The number of aromatic nitrogens is 1. The molecule has 17 heavy (non-hydrogen) atoms. The number of carbonyl (C=O) groups is 1. The fourth-order valence-corrected chi connectivity index (χ4v) is 3.30. The second-order valence-electron chi connectivity index (χ2n) is 3.00. The van der Waals surface area contributed by atoms with E-state index in [2.05, 4.69) is 0 Å². The van der Waals surface area contributed by atoms with Gasteiger partial charge in [-0.25, -0.2) is 0 Å². The van der Waals surface area contributed by atoms with Crippen molar-refractivity contribution in [2.75, 3.05) is 0 Å². The Hall–Kier alpha value is -0.140. The molecule has 0 spiro atoms. The molecule has 0 amide bonds. The van der Waals surface area contributed by atoms with Crippen LogP contribution in [0, 0.1) is 5.41 Å². The highest BCUT2D eigenvalue weighted by Gasteiger charge is 2.14. The van der Waals surface area contributed by atoms with E-state index in [1.807, 2.05) is 0 Å². The lowest BCUT2D eigenvalue weighted by Gasteiger charge is -2.00. The van der Waals surface area contributed by atoms with Crippen molar-refractivity contribution in [1.82, 2.24) is 4.57 Å². The SMILES string of the molecule is Br.N=c1sccn1CC(=O)c1cc(Cl)sc1Cl. The summed E-state index contributed by atoms with van der Waals surface area (Å²) < 4.78 is 2.46. The lowest BCUT2D eigenvalue weighted by atomic mass is 10.2. The molecule has 3 nitrogen and oxygen atoms in total. The summed E-state index contributed by atoms with van der Waals surface area (Å²) in [6, 6.07) is 1.56. The fourth-order valence-electron chi connectivity index (χ4n) is 1.20. The molecule has 1 N–H and O–H groups in total. The molecule has 0 unspecified atom stereocenters. The van der Waals surface area contributed by atoms with Crippen LogP contribution in [0.15, 0.2) is 17.6 Å². The van der Waals surface area contributed by atoms with Crippen LogP contribution in [0.25, 0.3) is 0 Å². The van der Waals surface area contributed by atoms with Crippen molar-refractivity contribution in [2.24, 2.45) is 0 Å². The van der Waals surface area contributed by atoms with Crippen molar-refractivity contribution in [3.8, 4) is 0 Å². The number of nitrogens with one attached hydrogen (secondary N) is 1. The number of hydrogen-bond acceptors (Lipinski definition) is 4. The molecule has 0 bridgehead atoms. The predicted molar refractivity (Wildman–Crippen MR) is 77.2 cm³/mol. The van der Waals surface area contributed by atoms with Crippen molar-refractivity contribution in [2.45, 2.75) is 6.54 Å². The summed E-state index contributed by atoms with van der Waals surface area (Å²) in [5.41, 5.74) is 0.426. The predicted octanol–water partition coefficient (Wildman–Crippen LogP) is 3.86. The number of hydrogen-bond donors (Lipinski definition) is 1. The molecule has 2 heterocycles. The Morgan fingerprint density at radius 2 is 2.18 bits per heavy atom. The van der Waals surface area contributed by atoms with Crippen LogP contribution < -0.4 is 4.80 Å². The first kappa shape index (κ1) is 14.9. The van der Waals surface area contributed by atoms with Gasteiger partial charge >= 0.3 is 0 Å². The van der Waals surface area contributed by atoms with Crippen LogP contribution in [-0.2, 0) is 6.54 Å². The van der Waals surface area contributed by atoms with Crippen LogP contribution in [0.5, 0.6) is 0 Å². The Labute approximate surface area is 126 Å². The van der Waals surface area contributed by atoms with Crippen molar-refractivity contribution >= 4 is 68.6 Å². The van der Waals surface area contributed by atoms with Crippen LogP contribution in [0.2, 0.25) is 8.67 Å². The van der Waals surface area contributed by atoms with E-state index in [4.69, 9.17) is 28.6 Å². The van der Waals surface area contributed by atoms with Gasteiger partial charge in [-0.05, 0) is 6.07 Å². The van der Waals surface area contributed by atoms with E-state index in [0.29, 0.717) is 19.0 Å². The minimum absolute atomic E-state index is 0. The normalized spacial score (nSPS) is 10.0. The number of Topliss-reactive ketones (excluding diaryl/α,β-unsaturated/α-hetero) is 1. The van der Waals surface area contributed by atoms with Crippen molar-refractivity contribution in [3.05, 3.63) is 36.7 Å². The number of rotatable bonds is 3. The minimum atomic E-state index is -0.134. The van der Waals surface area contributed by atoms with Gasteiger partial charge in [0.15, 0.2) is 10.6 Å². The zero-order chi connectivity index (χ0) is 11.7. The van der Waals surface area contributed by atoms with Crippen molar-refractivity contribution in [1.29, 1.82) is 5.41 Å². The third-order valence-corrected chi connectivity index (χ3v) is 4.16. The maximum Gasteiger partial charge on any atom is 0.184 e. The zero-order valence-corrected chi connectivity index (χ0v) is 13.1. The second-order valence-corrected chi connectivity index (χ2v) is 6.18. The summed E-state index contributed by atoms with van der Waals surface area (Å²) in [6.45, 7) is 0.120. The summed E-state index contributed by atoms with van der Waals surface area (Å²) in [5, 5.41) is 9.30. The van der Waals surface area contributed by atoms with Crippen molar-refractivity contribution in [3.63, 3.8) is 0 Å². The third-order valence-electron chi connectivity index (χ3n) is 1.95. The molecule has 0 saturated heterocycles. The first-order valence-electron chi connectivity index (χ1n) is 4.24. The Balaban J connectivity index is 0.00000144. The molecule has 0 saturated carbocycles. The van der Waals surface area contributed by atoms with Gasteiger partial charge in [0.05, 0.1) is 16.4 Å². The quantitative estimate of drug-likeness (QED) is 0.815. The monoisotopic (exact) mass is 372 g/mol. The Morgan fingerprint density at radius 3 is 2.65 bits per heavy atom. The Bertz CT molecular complexity index is 590. The lowest BCUT2D eigenvalue weighted by Crippen LogP contribution is -2.18. The van der Waals surface area contributed by atoms with Gasteiger partial charge in [-0.3, -0.25) is 10.2 Å². The number of carbonyl (C=O) groups excluding carboxylic acids is 1. The van der Waals surface area contributed by atoms with Gasteiger partial charge in [0.2, 0.25) is 0 Å². The summed E-state index contributed by atoms with van der Waals surface area (Å²) in [7, 11) is 0. The summed E-state index contributed by atoms with van der Waals surface area (Å²) >= 11 is 14.1. The van der Waals surface area contributed by atoms with Crippen LogP contribution >= 0.6 is 62.9 Å². The highest BCUT2D eigenvalue weighted by Crippen LogP contribution is 2.31. The molecule has 0 atom stereocenters. The number of ketones is 1. The number of nitrogens with zero attached hydrogens (tertiary/aromatic N) is 1. The largest absolute Gasteiger partial charge is 0.316 e. The number of thiophene rings is 1. The highest BCUT2D eigenvalue weighted by molar-refractivity contribution is 8.93. The van der Waals surface area contributed by atoms with Crippen LogP contribution in [-0.4, -0.2) is 10.4 Å². The standard InChI is InChI=1S/C9H6Cl2N2OS2.BrH/c10-7-3-5(8(11)16-7)6(14)4-13-1-2-15-9(13)12;/h1-3,12H,4H2;1H. The van der Waals surface area contributed by atoms with Gasteiger partial charge < -0.3 is 4.57 Å².